The first-order valence-electron chi connectivity index (χ1n) is 10.1. The van der Waals surface area contributed by atoms with E-state index in [1.54, 1.807) is 12.1 Å². The van der Waals surface area contributed by atoms with Crippen molar-refractivity contribution in [3.05, 3.63) is 35.4 Å². The predicted molar refractivity (Wildman–Crippen MR) is 107 cm³/mol. The van der Waals surface area contributed by atoms with E-state index in [9.17, 15) is 14.4 Å². The first-order chi connectivity index (χ1) is 13.6. The normalized spacial score (nSPS) is 23.0. The molecule has 0 radical (unpaired) electrons. The average Bonchev–Trinajstić information content (AvgIpc) is 3.47. The molecule has 1 aromatic rings. The van der Waals surface area contributed by atoms with Crippen molar-refractivity contribution in [2.75, 3.05) is 13.7 Å². The van der Waals surface area contributed by atoms with Crippen molar-refractivity contribution < 1.29 is 23.9 Å². The summed E-state index contributed by atoms with van der Waals surface area (Å²) in [5, 5.41) is 6.39. The van der Waals surface area contributed by atoms with Gasteiger partial charge < -0.3 is 20.1 Å². The Bertz CT molecular complexity index is 777. The number of rotatable bonds is 5. The van der Waals surface area contributed by atoms with Gasteiger partial charge in [0.2, 0.25) is 5.91 Å². The first-order valence-corrected chi connectivity index (χ1v) is 10.1. The van der Waals surface area contributed by atoms with Gasteiger partial charge in [-0.3, -0.25) is 9.59 Å². The van der Waals surface area contributed by atoms with Crippen LogP contribution in [0.3, 0.4) is 0 Å². The quantitative estimate of drug-likeness (QED) is 0.734. The monoisotopic (exact) mass is 402 g/mol. The Hall–Kier alpha value is -2.41. The summed E-state index contributed by atoms with van der Waals surface area (Å²) in [6.07, 6.45) is 2.61. The van der Waals surface area contributed by atoms with Gasteiger partial charge in [-0.1, -0.05) is 12.1 Å². The fraction of sp³-hybridized carbons (Fsp3) is 0.591. The zero-order valence-electron chi connectivity index (χ0n) is 17.5. The van der Waals surface area contributed by atoms with Gasteiger partial charge in [-0.2, -0.15) is 0 Å². The van der Waals surface area contributed by atoms with E-state index in [1.165, 1.54) is 7.11 Å². The Balaban J connectivity index is 1.60. The van der Waals surface area contributed by atoms with Crippen LogP contribution in [0.15, 0.2) is 24.3 Å². The number of nitrogens with one attached hydrogen (secondary N) is 2. The summed E-state index contributed by atoms with van der Waals surface area (Å²) in [6, 6.07) is 6.76. The van der Waals surface area contributed by atoms with Gasteiger partial charge in [0.15, 0.2) is 0 Å². The van der Waals surface area contributed by atoms with Crippen LogP contribution in [0.1, 0.15) is 62.4 Å². The minimum atomic E-state index is -0.558. The summed E-state index contributed by atoms with van der Waals surface area (Å²) in [5.74, 6) is -0.711. The van der Waals surface area contributed by atoms with Gasteiger partial charge in [-0.05, 0) is 64.3 Å². The molecule has 0 bridgehead atoms. The summed E-state index contributed by atoms with van der Waals surface area (Å²) in [4.78, 5) is 36.7. The Morgan fingerprint density at radius 2 is 1.79 bits per heavy atom. The number of ether oxygens (including phenoxy) is 2. The molecule has 2 N–H and O–H groups in total. The van der Waals surface area contributed by atoms with E-state index in [0.29, 0.717) is 24.9 Å². The van der Waals surface area contributed by atoms with Crippen LogP contribution in [0, 0.1) is 5.41 Å². The van der Waals surface area contributed by atoms with Crippen LogP contribution in [-0.4, -0.2) is 43.6 Å². The molecular formula is C22H30N2O5. The van der Waals surface area contributed by atoms with Crippen LogP contribution in [0.5, 0.6) is 0 Å². The number of hydrogen-bond donors (Lipinski definition) is 2. The van der Waals surface area contributed by atoms with Gasteiger partial charge >= 0.3 is 11.9 Å². The molecule has 3 rings (SSSR count). The number of benzene rings is 1. The van der Waals surface area contributed by atoms with Gasteiger partial charge in [0.05, 0.1) is 29.7 Å². The molecule has 158 valence electrons. The SMILES string of the molecule is COC(=O)c1ccc(C2(NC(=O)[C@H]3CC(OC(=O)C(C)(C)C)CCN3)CC2)cc1. The molecule has 1 heterocycles. The summed E-state index contributed by atoms with van der Waals surface area (Å²) in [7, 11) is 1.35. The van der Waals surface area contributed by atoms with E-state index in [1.807, 2.05) is 32.9 Å². The van der Waals surface area contributed by atoms with E-state index >= 15 is 0 Å². The van der Waals surface area contributed by atoms with Crippen LogP contribution in [0.2, 0.25) is 0 Å². The summed E-state index contributed by atoms with van der Waals surface area (Å²) >= 11 is 0. The minimum absolute atomic E-state index is 0.0870. The maximum atomic E-state index is 12.9. The van der Waals surface area contributed by atoms with Crippen LogP contribution < -0.4 is 10.6 Å². The van der Waals surface area contributed by atoms with E-state index in [2.05, 4.69) is 10.6 Å². The van der Waals surface area contributed by atoms with Crippen molar-refractivity contribution in [2.24, 2.45) is 5.41 Å². The molecule has 1 amide bonds. The van der Waals surface area contributed by atoms with E-state index < -0.39 is 11.5 Å². The topological polar surface area (TPSA) is 93.7 Å². The molecule has 2 aliphatic rings. The lowest BCUT2D eigenvalue weighted by Gasteiger charge is -2.32. The maximum absolute atomic E-state index is 12.9. The fourth-order valence-corrected chi connectivity index (χ4v) is 3.49. The smallest absolute Gasteiger partial charge is 0.337 e. The molecule has 1 saturated carbocycles. The molecule has 1 unspecified atom stereocenters. The Morgan fingerprint density at radius 3 is 2.34 bits per heavy atom. The number of piperidine rings is 1. The number of carbonyl (C=O) groups is 3. The van der Waals surface area contributed by atoms with Crippen molar-refractivity contribution in [3.63, 3.8) is 0 Å². The molecule has 29 heavy (non-hydrogen) atoms. The van der Waals surface area contributed by atoms with Crippen LogP contribution in [0.4, 0.5) is 0 Å². The Morgan fingerprint density at radius 1 is 1.14 bits per heavy atom. The highest BCUT2D eigenvalue weighted by Gasteiger charge is 2.47. The zero-order valence-corrected chi connectivity index (χ0v) is 17.5. The van der Waals surface area contributed by atoms with E-state index in [0.717, 1.165) is 18.4 Å². The van der Waals surface area contributed by atoms with E-state index in [-0.39, 0.29) is 29.5 Å². The fourth-order valence-electron chi connectivity index (χ4n) is 3.49. The highest BCUT2D eigenvalue weighted by atomic mass is 16.5. The molecule has 7 heteroatoms. The molecule has 1 aromatic carbocycles. The lowest BCUT2D eigenvalue weighted by Crippen LogP contribution is -2.53. The van der Waals surface area contributed by atoms with Gasteiger partial charge in [0.25, 0.3) is 0 Å². The number of hydrogen-bond acceptors (Lipinski definition) is 6. The number of amides is 1. The van der Waals surface area contributed by atoms with Crippen LogP contribution >= 0.6 is 0 Å². The zero-order chi connectivity index (χ0) is 21.2. The highest BCUT2D eigenvalue weighted by molar-refractivity contribution is 5.89. The number of methoxy groups -OCH3 is 1. The second-order valence-electron chi connectivity index (χ2n) is 8.95. The summed E-state index contributed by atoms with van der Waals surface area (Å²) in [6.45, 7) is 6.09. The maximum Gasteiger partial charge on any atom is 0.337 e. The largest absolute Gasteiger partial charge is 0.465 e. The molecule has 1 aliphatic heterocycles. The molecule has 7 nitrogen and oxygen atoms in total. The van der Waals surface area contributed by atoms with Crippen LogP contribution in [0.25, 0.3) is 0 Å². The molecular weight excluding hydrogens is 372 g/mol. The number of carbonyl (C=O) groups excluding carboxylic acids is 3. The molecule has 2 atom stereocenters. The molecule has 2 fully saturated rings. The second kappa shape index (κ2) is 8.14. The van der Waals surface area contributed by atoms with E-state index in [4.69, 9.17) is 9.47 Å². The van der Waals surface area contributed by atoms with Gasteiger partial charge in [0.1, 0.15) is 6.10 Å². The first kappa shape index (κ1) is 21.3. The lowest BCUT2D eigenvalue weighted by atomic mass is 9.96. The van der Waals surface area contributed by atoms with Crippen molar-refractivity contribution in [3.8, 4) is 0 Å². The average molecular weight is 402 g/mol. The third kappa shape index (κ3) is 4.96. The third-order valence-electron chi connectivity index (χ3n) is 5.53. The van der Waals surface area contributed by atoms with Crippen LogP contribution in [-0.2, 0) is 24.6 Å². The van der Waals surface area contributed by atoms with Gasteiger partial charge in [0, 0.05) is 6.42 Å². The molecule has 1 saturated heterocycles. The molecule has 1 aliphatic carbocycles. The lowest BCUT2D eigenvalue weighted by molar-refractivity contribution is -0.161. The van der Waals surface area contributed by atoms with Crippen molar-refractivity contribution in [2.45, 2.75) is 64.1 Å². The molecule has 0 aromatic heterocycles. The van der Waals surface area contributed by atoms with Crippen molar-refractivity contribution in [1.29, 1.82) is 0 Å². The standard InChI is InChI=1S/C22H30N2O5/c1-21(2,3)20(27)29-16-9-12-23-17(13-16)18(25)24-22(10-11-22)15-7-5-14(6-8-15)19(26)28-4/h5-8,16-17,23H,9-13H2,1-4H3,(H,24,25)/t16?,17-/m1/s1. The predicted octanol–water partition coefficient (Wildman–Crippen LogP) is 2.29. The van der Waals surface area contributed by atoms with Gasteiger partial charge in [-0.15, -0.1) is 0 Å². The Kier molecular flexibility index (Phi) is 5.98. The van der Waals surface area contributed by atoms with Crippen molar-refractivity contribution >= 4 is 17.8 Å². The third-order valence-corrected chi connectivity index (χ3v) is 5.53. The number of esters is 2. The van der Waals surface area contributed by atoms with Gasteiger partial charge in [-0.25, -0.2) is 4.79 Å². The Labute approximate surface area is 171 Å². The summed E-state index contributed by atoms with van der Waals surface area (Å²) < 4.78 is 10.3. The highest BCUT2D eigenvalue weighted by Crippen LogP contribution is 2.45. The molecule has 0 spiro atoms. The minimum Gasteiger partial charge on any atom is -0.465 e. The summed E-state index contributed by atoms with van der Waals surface area (Å²) in [5.41, 5.74) is 0.514. The second-order valence-corrected chi connectivity index (χ2v) is 8.95. The van der Waals surface area contributed by atoms with Crippen molar-refractivity contribution in [1.82, 2.24) is 10.6 Å².